The summed E-state index contributed by atoms with van der Waals surface area (Å²) in [5.74, 6) is -2.89. The molecule has 0 aliphatic heterocycles. The summed E-state index contributed by atoms with van der Waals surface area (Å²) < 4.78 is 37.1. The van der Waals surface area contributed by atoms with Gasteiger partial charge in [-0.2, -0.15) is 0 Å². The van der Waals surface area contributed by atoms with Crippen LogP contribution in [-0.2, 0) is 9.47 Å². The van der Waals surface area contributed by atoms with Gasteiger partial charge in [0.15, 0.2) is 0 Å². The lowest BCUT2D eigenvalue weighted by atomic mass is 10.1. The van der Waals surface area contributed by atoms with Gasteiger partial charge in [0, 0.05) is 17.9 Å². The van der Waals surface area contributed by atoms with Gasteiger partial charge in [-0.3, -0.25) is 0 Å². The van der Waals surface area contributed by atoms with Gasteiger partial charge in [-0.05, 0) is 34.6 Å². The summed E-state index contributed by atoms with van der Waals surface area (Å²) in [5.41, 5.74) is -1.44. The highest BCUT2D eigenvalue weighted by molar-refractivity contribution is 14.1. The molecule has 1 atom stereocenters. The third-order valence-corrected chi connectivity index (χ3v) is 4.13. The molecule has 0 radical (unpaired) electrons. The van der Waals surface area contributed by atoms with Gasteiger partial charge in [0.1, 0.15) is 12.2 Å². The first-order valence-electron chi connectivity index (χ1n) is 6.87. The predicted molar refractivity (Wildman–Crippen MR) is 87.3 cm³/mol. The van der Waals surface area contributed by atoms with E-state index in [1.165, 1.54) is 4.90 Å². The largest absolute Gasteiger partial charge is 0.444 e. The van der Waals surface area contributed by atoms with Crippen LogP contribution < -0.4 is 0 Å². The van der Waals surface area contributed by atoms with Gasteiger partial charge in [-0.25, -0.2) is 13.6 Å². The van der Waals surface area contributed by atoms with E-state index in [4.69, 9.17) is 9.47 Å². The van der Waals surface area contributed by atoms with Crippen LogP contribution in [0.1, 0.15) is 41.5 Å². The number of hydrogen-bond acceptors (Lipinski definition) is 3. The Balaban J connectivity index is 4.78. The second kappa shape index (κ2) is 7.89. The fourth-order valence-electron chi connectivity index (χ4n) is 1.46. The standard InChI is InChI=1S/C14H26F2INO3/c1-7-18(11(19)21-12(2,3)4)9-13(5,8-17)20-10-14(6,15)16/h7-10H2,1-6H3. The molecule has 7 heteroatoms. The van der Waals surface area contributed by atoms with Crippen LogP contribution in [-0.4, -0.2) is 52.2 Å². The molecule has 21 heavy (non-hydrogen) atoms. The zero-order chi connectivity index (χ0) is 16.9. The lowest BCUT2D eigenvalue weighted by molar-refractivity contribution is -0.121. The Morgan fingerprint density at radius 3 is 2.05 bits per heavy atom. The molecule has 0 aliphatic rings. The fraction of sp³-hybridized carbons (Fsp3) is 0.929. The molecule has 1 unspecified atom stereocenters. The molecule has 0 aromatic rings. The van der Waals surface area contributed by atoms with Crippen molar-refractivity contribution >= 4 is 28.7 Å². The van der Waals surface area contributed by atoms with E-state index >= 15 is 0 Å². The smallest absolute Gasteiger partial charge is 0.410 e. The van der Waals surface area contributed by atoms with Crippen LogP contribution in [0.25, 0.3) is 0 Å². The molecule has 0 rings (SSSR count). The highest BCUT2D eigenvalue weighted by atomic mass is 127. The van der Waals surface area contributed by atoms with Gasteiger partial charge in [0.2, 0.25) is 0 Å². The Bertz CT molecular complexity index is 342. The van der Waals surface area contributed by atoms with Crippen molar-refractivity contribution in [2.45, 2.75) is 58.7 Å². The molecule has 0 aliphatic carbocycles. The minimum Gasteiger partial charge on any atom is -0.444 e. The molecule has 0 saturated heterocycles. The molecule has 0 saturated carbocycles. The number of carbonyl (C=O) groups excluding carboxylic acids is 1. The Morgan fingerprint density at radius 2 is 1.71 bits per heavy atom. The number of halogens is 3. The van der Waals surface area contributed by atoms with Crippen molar-refractivity contribution in [1.82, 2.24) is 4.90 Å². The number of alkyl halides is 3. The Labute approximate surface area is 139 Å². The molecule has 0 spiro atoms. The summed E-state index contributed by atoms with van der Waals surface area (Å²) in [6.45, 7) is 9.65. The first kappa shape index (κ1) is 20.8. The van der Waals surface area contributed by atoms with E-state index in [2.05, 4.69) is 22.6 Å². The summed E-state index contributed by atoms with van der Waals surface area (Å²) in [7, 11) is 0. The number of amides is 1. The lowest BCUT2D eigenvalue weighted by Crippen LogP contribution is -2.49. The second-order valence-corrected chi connectivity index (χ2v) is 7.20. The van der Waals surface area contributed by atoms with Crippen LogP contribution in [0.3, 0.4) is 0 Å². The number of rotatable bonds is 7. The Kier molecular flexibility index (Phi) is 7.83. The molecule has 0 heterocycles. The van der Waals surface area contributed by atoms with Gasteiger partial charge in [-0.15, -0.1) is 0 Å². The van der Waals surface area contributed by atoms with Gasteiger partial charge < -0.3 is 14.4 Å². The molecule has 0 aromatic heterocycles. The minimum atomic E-state index is -2.89. The second-order valence-electron chi connectivity index (χ2n) is 6.44. The summed E-state index contributed by atoms with van der Waals surface area (Å²) >= 11 is 2.07. The Morgan fingerprint density at radius 1 is 1.19 bits per heavy atom. The molecule has 0 bridgehead atoms. The third-order valence-electron chi connectivity index (χ3n) is 2.52. The number of hydrogen-bond donors (Lipinski definition) is 0. The average molecular weight is 421 g/mol. The SMILES string of the molecule is CCN(CC(C)(CI)OCC(C)(F)F)C(=O)OC(C)(C)C. The highest BCUT2D eigenvalue weighted by Crippen LogP contribution is 2.22. The molecule has 4 nitrogen and oxygen atoms in total. The number of nitrogens with zero attached hydrogens (tertiary/aromatic N) is 1. The van der Waals surface area contributed by atoms with Gasteiger partial charge in [-0.1, -0.05) is 22.6 Å². The fourth-order valence-corrected chi connectivity index (χ4v) is 1.92. The van der Waals surface area contributed by atoms with Crippen molar-refractivity contribution in [2.75, 3.05) is 24.1 Å². The van der Waals surface area contributed by atoms with E-state index in [0.29, 0.717) is 11.0 Å². The maximum absolute atomic E-state index is 13.0. The maximum Gasteiger partial charge on any atom is 0.410 e. The quantitative estimate of drug-likeness (QED) is 0.459. The zero-order valence-electron chi connectivity index (χ0n) is 13.6. The van der Waals surface area contributed by atoms with Crippen molar-refractivity contribution in [3.63, 3.8) is 0 Å². The molecule has 0 aromatic carbocycles. The van der Waals surface area contributed by atoms with Crippen LogP contribution in [0.5, 0.6) is 0 Å². The van der Waals surface area contributed by atoms with Crippen LogP contribution in [0, 0.1) is 0 Å². The van der Waals surface area contributed by atoms with E-state index in [9.17, 15) is 13.6 Å². The van der Waals surface area contributed by atoms with Crippen LogP contribution >= 0.6 is 22.6 Å². The van der Waals surface area contributed by atoms with Crippen molar-refractivity contribution in [3.05, 3.63) is 0 Å². The average Bonchev–Trinajstić information content (AvgIpc) is 2.30. The first-order chi connectivity index (χ1) is 9.32. The van der Waals surface area contributed by atoms with E-state index in [1.54, 1.807) is 27.7 Å². The van der Waals surface area contributed by atoms with Gasteiger partial charge >= 0.3 is 6.09 Å². The normalized spacial score (nSPS) is 15.5. The first-order valence-corrected chi connectivity index (χ1v) is 8.40. The Hall–Kier alpha value is -0.180. The number of carbonyl (C=O) groups is 1. The molecular weight excluding hydrogens is 395 g/mol. The minimum absolute atomic E-state index is 0.206. The van der Waals surface area contributed by atoms with Crippen molar-refractivity contribution in [2.24, 2.45) is 0 Å². The summed E-state index contributed by atoms with van der Waals surface area (Å²) in [4.78, 5) is 13.6. The van der Waals surface area contributed by atoms with Crippen molar-refractivity contribution in [1.29, 1.82) is 0 Å². The van der Waals surface area contributed by atoms with Crippen molar-refractivity contribution < 1.29 is 23.0 Å². The van der Waals surface area contributed by atoms with E-state index in [0.717, 1.165) is 6.92 Å². The molecule has 126 valence electrons. The summed E-state index contributed by atoms with van der Waals surface area (Å²) in [6.07, 6.45) is -0.465. The number of ether oxygens (including phenoxy) is 2. The third kappa shape index (κ3) is 9.44. The molecule has 0 N–H and O–H groups in total. The molecular formula is C14H26F2INO3. The maximum atomic E-state index is 13.0. The number of likely N-dealkylation sites (N-methyl/N-ethyl adjacent to an activating group) is 1. The zero-order valence-corrected chi connectivity index (χ0v) is 15.8. The van der Waals surface area contributed by atoms with Crippen molar-refractivity contribution in [3.8, 4) is 0 Å². The molecule has 0 fully saturated rings. The van der Waals surface area contributed by atoms with E-state index < -0.39 is 29.8 Å². The lowest BCUT2D eigenvalue weighted by Gasteiger charge is -2.35. The predicted octanol–water partition coefficient (Wildman–Crippen LogP) is 4.11. The monoisotopic (exact) mass is 421 g/mol. The van der Waals surface area contributed by atoms with Gasteiger partial charge in [0.25, 0.3) is 5.92 Å². The highest BCUT2D eigenvalue weighted by Gasteiger charge is 2.34. The van der Waals surface area contributed by atoms with E-state index in [-0.39, 0.29) is 6.54 Å². The van der Waals surface area contributed by atoms with Crippen LogP contribution in [0.2, 0.25) is 0 Å². The summed E-state index contributed by atoms with van der Waals surface area (Å²) in [5, 5.41) is 0. The van der Waals surface area contributed by atoms with Gasteiger partial charge in [0.05, 0.1) is 12.1 Å². The van der Waals surface area contributed by atoms with E-state index in [1.807, 2.05) is 6.92 Å². The van der Waals surface area contributed by atoms with Crippen LogP contribution in [0.4, 0.5) is 13.6 Å². The topological polar surface area (TPSA) is 38.8 Å². The van der Waals surface area contributed by atoms with Crippen LogP contribution in [0.15, 0.2) is 0 Å². The molecule has 1 amide bonds. The summed E-state index contributed by atoms with van der Waals surface area (Å²) in [6, 6.07) is 0.